The lowest BCUT2D eigenvalue weighted by atomic mass is 10.2. The maximum absolute atomic E-state index is 13.5. The van der Waals surface area contributed by atoms with Crippen LogP contribution in [-0.4, -0.2) is 27.6 Å². The molecule has 0 heterocycles. The van der Waals surface area contributed by atoms with Gasteiger partial charge in [-0.3, -0.25) is 14.4 Å². The minimum atomic E-state index is -4.10. The molecule has 0 fully saturated rings. The summed E-state index contributed by atoms with van der Waals surface area (Å²) in [5, 5.41) is 11.1. The summed E-state index contributed by atoms with van der Waals surface area (Å²) in [6.45, 7) is 0.00849. The number of nitrogens with zero attached hydrogens (tertiary/aromatic N) is 2. The molecule has 0 saturated heterocycles. The highest BCUT2D eigenvalue weighted by atomic mass is 32.2. The highest BCUT2D eigenvalue weighted by Gasteiger charge is 2.27. The lowest BCUT2D eigenvalue weighted by Gasteiger charge is -2.25. The number of ether oxygens (including phenoxy) is 2. The minimum Gasteiger partial charge on any atom is -0.497 e. The zero-order valence-electron chi connectivity index (χ0n) is 16.4. The first-order valence-corrected chi connectivity index (χ1v) is 10.3. The van der Waals surface area contributed by atoms with Gasteiger partial charge in [0.1, 0.15) is 11.5 Å². The van der Waals surface area contributed by atoms with Gasteiger partial charge in [-0.1, -0.05) is 18.2 Å². The molecule has 9 heteroatoms. The first-order valence-electron chi connectivity index (χ1n) is 8.89. The van der Waals surface area contributed by atoms with Crippen LogP contribution in [0, 0.1) is 10.1 Å². The molecule has 0 aliphatic rings. The van der Waals surface area contributed by atoms with E-state index in [0.29, 0.717) is 22.7 Å². The van der Waals surface area contributed by atoms with Crippen LogP contribution in [0.4, 0.5) is 11.4 Å². The van der Waals surface area contributed by atoms with E-state index in [9.17, 15) is 18.5 Å². The highest BCUT2D eigenvalue weighted by Crippen LogP contribution is 2.29. The fourth-order valence-electron chi connectivity index (χ4n) is 2.88. The summed E-state index contributed by atoms with van der Waals surface area (Å²) in [5.74, 6) is 1.17. The predicted molar refractivity (Wildman–Crippen MR) is 112 cm³/mol. The number of hydrogen-bond acceptors (Lipinski definition) is 6. The maximum Gasteiger partial charge on any atom is 0.270 e. The van der Waals surface area contributed by atoms with Crippen LogP contribution < -0.4 is 13.8 Å². The van der Waals surface area contributed by atoms with Gasteiger partial charge in [-0.2, -0.15) is 0 Å². The van der Waals surface area contributed by atoms with Crippen LogP contribution in [0.5, 0.6) is 11.5 Å². The molecule has 0 spiro atoms. The van der Waals surface area contributed by atoms with Gasteiger partial charge in [-0.05, 0) is 48.0 Å². The van der Waals surface area contributed by atoms with Gasteiger partial charge in [-0.15, -0.1) is 0 Å². The topological polar surface area (TPSA) is 99.0 Å². The molecule has 0 aromatic heterocycles. The molecule has 0 aliphatic carbocycles. The Kier molecular flexibility index (Phi) is 6.22. The second kappa shape index (κ2) is 8.83. The molecule has 3 aromatic carbocycles. The number of rotatable bonds is 8. The van der Waals surface area contributed by atoms with Crippen molar-refractivity contribution in [3.63, 3.8) is 0 Å². The number of nitro groups is 1. The van der Waals surface area contributed by atoms with Gasteiger partial charge in [0.2, 0.25) is 0 Å². The fourth-order valence-corrected chi connectivity index (χ4v) is 4.38. The largest absolute Gasteiger partial charge is 0.497 e. The lowest BCUT2D eigenvalue weighted by Crippen LogP contribution is -2.30. The third-order valence-corrected chi connectivity index (χ3v) is 6.21. The summed E-state index contributed by atoms with van der Waals surface area (Å²) < 4.78 is 38.5. The summed E-state index contributed by atoms with van der Waals surface area (Å²) in [6.07, 6.45) is 0. The number of anilines is 1. The van der Waals surface area contributed by atoms with Gasteiger partial charge in [0.25, 0.3) is 15.7 Å². The van der Waals surface area contributed by atoms with Crippen LogP contribution in [0.2, 0.25) is 0 Å². The highest BCUT2D eigenvalue weighted by molar-refractivity contribution is 7.92. The Labute approximate surface area is 174 Å². The molecule has 0 amide bonds. The number of non-ortho nitro benzene ring substituents is 1. The van der Waals surface area contributed by atoms with Gasteiger partial charge < -0.3 is 9.47 Å². The molecular weight excluding hydrogens is 408 g/mol. The molecular formula is C21H20N2O6S. The first-order chi connectivity index (χ1) is 14.3. The van der Waals surface area contributed by atoms with Gasteiger partial charge in [0.15, 0.2) is 0 Å². The van der Waals surface area contributed by atoms with E-state index >= 15 is 0 Å². The number of benzene rings is 3. The second-order valence-electron chi connectivity index (χ2n) is 6.32. The number of hydrogen-bond donors (Lipinski definition) is 0. The van der Waals surface area contributed by atoms with Crippen molar-refractivity contribution in [1.29, 1.82) is 0 Å². The van der Waals surface area contributed by atoms with Gasteiger partial charge in [0, 0.05) is 12.1 Å². The van der Waals surface area contributed by atoms with E-state index in [1.165, 1.54) is 36.7 Å². The molecule has 3 rings (SSSR count). The summed E-state index contributed by atoms with van der Waals surface area (Å²) >= 11 is 0. The molecule has 0 aliphatic heterocycles. The Hall–Kier alpha value is -3.59. The molecule has 156 valence electrons. The van der Waals surface area contributed by atoms with E-state index in [2.05, 4.69) is 0 Å². The minimum absolute atomic E-state index is 0.00849. The van der Waals surface area contributed by atoms with Crippen molar-refractivity contribution in [2.45, 2.75) is 11.4 Å². The van der Waals surface area contributed by atoms with Gasteiger partial charge in [0.05, 0.1) is 36.3 Å². The van der Waals surface area contributed by atoms with Crippen molar-refractivity contribution >= 4 is 21.4 Å². The Morgan fingerprint density at radius 3 is 2.20 bits per heavy atom. The van der Waals surface area contributed by atoms with E-state index < -0.39 is 14.9 Å². The van der Waals surface area contributed by atoms with Crippen LogP contribution in [0.15, 0.2) is 77.7 Å². The monoisotopic (exact) mass is 428 g/mol. The molecule has 8 nitrogen and oxygen atoms in total. The van der Waals surface area contributed by atoms with Gasteiger partial charge >= 0.3 is 0 Å². The summed E-state index contributed by atoms with van der Waals surface area (Å²) in [5.41, 5.74) is 0.788. The van der Waals surface area contributed by atoms with E-state index in [-0.39, 0.29) is 17.1 Å². The molecule has 0 bridgehead atoms. The van der Waals surface area contributed by atoms with E-state index in [1.54, 1.807) is 48.5 Å². The third kappa shape index (κ3) is 4.52. The Morgan fingerprint density at radius 1 is 0.900 bits per heavy atom. The zero-order valence-corrected chi connectivity index (χ0v) is 17.2. The quantitative estimate of drug-likeness (QED) is 0.397. The zero-order chi connectivity index (χ0) is 21.7. The van der Waals surface area contributed by atoms with Gasteiger partial charge in [-0.25, -0.2) is 8.42 Å². The number of sulfonamides is 1. The van der Waals surface area contributed by atoms with Crippen LogP contribution in [0.3, 0.4) is 0 Å². The maximum atomic E-state index is 13.5. The van der Waals surface area contributed by atoms with E-state index in [4.69, 9.17) is 9.47 Å². The SMILES string of the molecule is COc1ccc(N(Cc2cccc(OC)c2)S(=O)(=O)c2cccc([N+](=O)[O-])c2)cc1. The fraction of sp³-hybridized carbons (Fsp3) is 0.143. The molecule has 0 saturated carbocycles. The van der Waals surface area contributed by atoms with Crippen molar-refractivity contribution in [2.75, 3.05) is 18.5 Å². The van der Waals surface area contributed by atoms with Crippen LogP contribution in [-0.2, 0) is 16.6 Å². The first kappa shape index (κ1) is 21.1. The molecule has 0 unspecified atom stereocenters. The molecule has 0 N–H and O–H groups in total. The van der Waals surface area contributed by atoms with E-state index in [0.717, 1.165) is 6.07 Å². The summed E-state index contributed by atoms with van der Waals surface area (Å²) in [4.78, 5) is 10.3. The van der Waals surface area contributed by atoms with Crippen LogP contribution in [0.25, 0.3) is 0 Å². The molecule has 30 heavy (non-hydrogen) atoms. The van der Waals surface area contributed by atoms with E-state index in [1.807, 2.05) is 0 Å². The van der Waals surface area contributed by atoms with Crippen LogP contribution >= 0.6 is 0 Å². The molecule has 0 atom stereocenters. The lowest BCUT2D eigenvalue weighted by molar-refractivity contribution is -0.385. The molecule has 3 aromatic rings. The third-order valence-electron chi connectivity index (χ3n) is 4.44. The van der Waals surface area contributed by atoms with Crippen molar-refractivity contribution in [3.8, 4) is 11.5 Å². The Bertz CT molecular complexity index is 1150. The second-order valence-corrected chi connectivity index (χ2v) is 8.18. The van der Waals surface area contributed by atoms with Crippen molar-refractivity contribution in [1.82, 2.24) is 0 Å². The van der Waals surface area contributed by atoms with Crippen molar-refractivity contribution < 1.29 is 22.8 Å². The summed E-state index contributed by atoms with van der Waals surface area (Å²) in [6, 6.07) is 18.6. The Morgan fingerprint density at radius 2 is 1.57 bits per heavy atom. The van der Waals surface area contributed by atoms with Crippen molar-refractivity contribution in [2.24, 2.45) is 0 Å². The Balaban J connectivity index is 2.09. The standard InChI is InChI=1S/C21H20N2O6S/c1-28-19-11-9-17(10-12-19)22(15-16-5-3-7-20(13-16)29-2)30(26,27)21-8-4-6-18(14-21)23(24)25/h3-14H,15H2,1-2H3. The number of methoxy groups -OCH3 is 2. The average Bonchev–Trinajstić information content (AvgIpc) is 2.77. The molecule has 0 radical (unpaired) electrons. The van der Waals surface area contributed by atoms with Crippen LogP contribution in [0.1, 0.15) is 5.56 Å². The average molecular weight is 428 g/mol. The van der Waals surface area contributed by atoms with Crippen molar-refractivity contribution in [3.05, 3.63) is 88.5 Å². The normalized spacial score (nSPS) is 11.0. The summed E-state index contributed by atoms with van der Waals surface area (Å²) in [7, 11) is -1.06. The predicted octanol–water partition coefficient (Wildman–Crippen LogP) is 4.01. The smallest absolute Gasteiger partial charge is 0.270 e. The number of nitro benzene ring substituents is 1.